The second-order valence-electron chi connectivity index (χ2n) is 4.13. The van der Waals surface area contributed by atoms with Crippen molar-refractivity contribution in [3.63, 3.8) is 0 Å². The average molecular weight is 325 g/mol. The van der Waals surface area contributed by atoms with Gasteiger partial charge in [0.05, 0.1) is 10.7 Å². The second kappa shape index (κ2) is 5.52. The maximum absolute atomic E-state index is 6.08. The van der Waals surface area contributed by atoms with E-state index in [1.165, 1.54) is 21.8 Å². The summed E-state index contributed by atoms with van der Waals surface area (Å²) in [6.45, 7) is 0. The lowest BCUT2D eigenvalue weighted by Crippen LogP contribution is -1.96. The summed E-state index contributed by atoms with van der Waals surface area (Å²) in [6.07, 6.45) is 0. The molecule has 7 heteroatoms. The smallest absolute Gasteiger partial charge is 0.209 e. The van der Waals surface area contributed by atoms with E-state index in [1.54, 1.807) is 6.07 Å². The molecule has 0 saturated heterocycles. The van der Waals surface area contributed by atoms with Crippen LogP contribution in [0, 0.1) is 0 Å². The molecule has 1 aromatic carbocycles. The van der Waals surface area contributed by atoms with Gasteiger partial charge in [-0.3, -0.25) is 0 Å². The highest BCUT2D eigenvalue weighted by atomic mass is 35.5. The minimum Gasteiger partial charge on any atom is -0.394 e. The van der Waals surface area contributed by atoms with Gasteiger partial charge in [-0.15, -0.1) is 5.10 Å². The number of aromatic nitrogens is 3. The molecule has 0 bridgehead atoms. The summed E-state index contributed by atoms with van der Waals surface area (Å²) in [6, 6.07) is 11.7. The molecule has 4 nitrogen and oxygen atoms in total. The third kappa shape index (κ3) is 2.57. The van der Waals surface area contributed by atoms with Crippen LogP contribution in [-0.2, 0) is 5.75 Å². The Kier molecular flexibility index (Phi) is 3.74. The molecule has 0 aliphatic heterocycles. The second-order valence-corrected chi connectivity index (χ2v) is 5.87. The van der Waals surface area contributed by atoms with Crippen molar-refractivity contribution in [1.82, 2.24) is 14.6 Å². The van der Waals surface area contributed by atoms with Gasteiger partial charge in [0, 0.05) is 5.75 Å². The summed E-state index contributed by atoms with van der Waals surface area (Å²) in [5, 5.41) is 5.71. The summed E-state index contributed by atoms with van der Waals surface area (Å²) < 4.78 is 1.50. The van der Waals surface area contributed by atoms with Gasteiger partial charge >= 0.3 is 0 Å². The van der Waals surface area contributed by atoms with Crippen molar-refractivity contribution in [1.29, 1.82) is 0 Å². The van der Waals surface area contributed by atoms with Crippen molar-refractivity contribution in [3.8, 4) is 0 Å². The number of benzene rings is 1. The van der Waals surface area contributed by atoms with Gasteiger partial charge < -0.3 is 5.73 Å². The molecule has 0 fully saturated rings. The molecule has 2 aromatic heterocycles. The Labute approximate surface area is 129 Å². The van der Waals surface area contributed by atoms with Crippen molar-refractivity contribution in [2.45, 2.75) is 10.9 Å². The van der Waals surface area contributed by atoms with E-state index in [0.717, 1.165) is 5.75 Å². The third-order valence-electron chi connectivity index (χ3n) is 2.74. The fourth-order valence-electron chi connectivity index (χ4n) is 1.75. The van der Waals surface area contributed by atoms with Gasteiger partial charge in [0.15, 0.2) is 5.65 Å². The largest absolute Gasteiger partial charge is 0.394 e. The quantitative estimate of drug-likeness (QED) is 0.586. The Morgan fingerprint density at radius 2 is 1.95 bits per heavy atom. The average Bonchev–Trinajstić information content (AvgIpc) is 2.89. The number of rotatable bonds is 3. The highest BCUT2D eigenvalue weighted by Gasteiger charge is 2.13. The summed E-state index contributed by atoms with van der Waals surface area (Å²) in [7, 11) is 0. The van der Waals surface area contributed by atoms with E-state index in [9.17, 15) is 0 Å². The third-order valence-corrected chi connectivity index (χ3v) is 4.24. The van der Waals surface area contributed by atoms with Gasteiger partial charge in [-0.25, -0.2) is 0 Å². The van der Waals surface area contributed by atoms with Gasteiger partial charge in [-0.05, 0) is 11.6 Å². The van der Waals surface area contributed by atoms with Crippen LogP contribution in [-0.4, -0.2) is 14.6 Å². The molecule has 0 aliphatic carbocycles. The van der Waals surface area contributed by atoms with Crippen LogP contribution in [0.2, 0.25) is 10.2 Å². The summed E-state index contributed by atoms with van der Waals surface area (Å²) in [5.74, 6) is 0.781. The molecule has 0 amide bonds. The standard InChI is InChI=1S/C13H10Cl2N4S/c14-9-6-10(15)19-12(11(9)16)17-13(18-19)20-7-8-4-2-1-3-5-8/h1-6H,7,16H2. The molecule has 2 heterocycles. The summed E-state index contributed by atoms with van der Waals surface area (Å²) in [4.78, 5) is 4.37. The number of hydrogen-bond donors (Lipinski definition) is 1. The van der Waals surface area contributed by atoms with E-state index in [2.05, 4.69) is 22.2 Å². The zero-order valence-corrected chi connectivity index (χ0v) is 12.6. The predicted molar refractivity (Wildman–Crippen MR) is 83.4 cm³/mol. The van der Waals surface area contributed by atoms with Crippen molar-refractivity contribution in [2.24, 2.45) is 0 Å². The van der Waals surface area contributed by atoms with Crippen molar-refractivity contribution in [2.75, 3.05) is 5.73 Å². The molecule has 0 spiro atoms. The fraction of sp³-hybridized carbons (Fsp3) is 0.0769. The van der Waals surface area contributed by atoms with E-state index in [-0.39, 0.29) is 0 Å². The highest BCUT2D eigenvalue weighted by molar-refractivity contribution is 7.98. The first-order chi connectivity index (χ1) is 9.65. The normalized spacial score (nSPS) is 11.1. The molecular formula is C13H10Cl2N4S. The van der Waals surface area contributed by atoms with Crippen LogP contribution < -0.4 is 5.73 Å². The monoisotopic (exact) mass is 324 g/mol. The van der Waals surface area contributed by atoms with Gasteiger partial charge in [0.25, 0.3) is 0 Å². The molecule has 2 N–H and O–H groups in total. The first kappa shape index (κ1) is 13.5. The summed E-state index contributed by atoms with van der Waals surface area (Å²) in [5.41, 5.74) is 7.96. The van der Waals surface area contributed by atoms with E-state index < -0.39 is 0 Å². The minimum atomic E-state index is 0.384. The van der Waals surface area contributed by atoms with E-state index in [0.29, 0.717) is 26.7 Å². The lowest BCUT2D eigenvalue weighted by molar-refractivity contribution is 0.888. The number of anilines is 1. The van der Waals surface area contributed by atoms with E-state index >= 15 is 0 Å². The number of hydrogen-bond acceptors (Lipinski definition) is 4. The van der Waals surface area contributed by atoms with Crippen LogP contribution >= 0.6 is 35.0 Å². The van der Waals surface area contributed by atoms with Crippen LogP contribution in [0.25, 0.3) is 5.65 Å². The zero-order valence-electron chi connectivity index (χ0n) is 10.3. The van der Waals surface area contributed by atoms with Crippen LogP contribution in [0.3, 0.4) is 0 Å². The predicted octanol–water partition coefficient (Wildman–Crippen LogP) is 3.91. The van der Waals surface area contributed by atoms with Crippen molar-refractivity contribution < 1.29 is 0 Å². The molecule has 0 aliphatic rings. The number of nitrogens with zero attached hydrogens (tertiary/aromatic N) is 3. The molecule has 0 saturated carbocycles. The minimum absolute atomic E-state index is 0.384. The Hall–Kier alpha value is -1.43. The fourth-order valence-corrected chi connectivity index (χ4v) is 3.00. The van der Waals surface area contributed by atoms with Gasteiger partial charge in [-0.2, -0.15) is 9.50 Å². The number of fused-ring (bicyclic) bond motifs is 1. The van der Waals surface area contributed by atoms with Gasteiger partial charge in [-0.1, -0.05) is 65.3 Å². The first-order valence-electron chi connectivity index (χ1n) is 5.82. The van der Waals surface area contributed by atoms with E-state index in [1.807, 2.05) is 18.2 Å². The number of thioether (sulfide) groups is 1. The molecular weight excluding hydrogens is 315 g/mol. The number of halogens is 2. The molecule has 0 unspecified atom stereocenters. The topological polar surface area (TPSA) is 56.2 Å². The number of nitrogens with two attached hydrogens (primary N) is 1. The SMILES string of the molecule is Nc1c(Cl)cc(Cl)n2nc(SCc3ccccc3)nc12. The maximum atomic E-state index is 6.08. The number of nitrogen functional groups attached to an aromatic ring is 1. The highest BCUT2D eigenvalue weighted by Crippen LogP contribution is 2.29. The molecule has 20 heavy (non-hydrogen) atoms. The molecule has 0 radical (unpaired) electrons. The molecule has 3 aromatic rings. The Balaban J connectivity index is 1.90. The van der Waals surface area contributed by atoms with Gasteiger partial charge in [0.1, 0.15) is 5.15 Å². The Bertz CT molecular complexity index is 758. The van der Waals surface area contributed by atoms with Crippen molar-refractivity contribution >= 4 is 46.3 Å². The van der Waals surface area contributed by atoms with Crippen LogP contribution in [0.4, 0.5) is 5.69 Å². The molecule has 0 atom stereocenters. The van der Waals surface area contributed by atoms with Crippen LogP contribution in [0.15, 0.2) is 41.6 Å². The molecule has 102 valence electrons. The molecule has 3 rings (SSSR count). The van der Waals surface area contributed by atoms with Crippen molar-refractivity contribution in [3.05, 3.63) is 52.1 Å². The zero-order chi connectivity index (χ0) is 14.1. The number of pyridine rings is 1. The Morgan fingerprint density at radius 1 is 1.20 bits per heavy atom. The van der Waals surface area contributed by atoms with Crippen LogP contribution in [0.1, 0.15) is 5.56 Å². The first-order valence-corrected chi connectivity index (χ1v) is 7.56. The van der Waals surface area contributed by atoms with Crippen LogP contribution in [0.5, 0.6) is 0 Å². The van der Waals surface area contributed by atoms with Gasteiger partial charge in [0.2, 0.25) is 5.16 Å². The van der Waals surface area contributed by atoms with E-state index in [4.69, 9.17) is 28.9 Å². The summed E-state index contributed by atoms with van der Waals surface area (Å²) >= 11 is 13.6. The lowest BCUT2D eigenvalue weighted by atomic mass is 10.2. The lowest BCUT2D eigenvalue weighted by Gasteiger charge is -2.00. The maximum Gasteiger partial charge on any atom is 0.209 e. The Morgan fingerprint density at radius 3 is 2.70 bits per heavy atom.